The Bertz CT molecular complexity index is 965. The van der Waals surface area contributed by atoms with Gasteiger partial charge >= 0.3 is 5.69 Å². The summed E-state index contributed by atoms with van der Waals surface area (Å²) in [5.74, 6) is -1.95. The van der Waals surface area contributed by atoms with E-state index in [0.717, 1.165) is 15.8 Å². The van der Waals surface area contributed by atoms with Crippen molar-refractivity contribution in [3.8, 4) is 0 Å². The lowest BCUT2D eigenvalue weighted by atomic mass is 10.0. The third-order valence-corrected chi connectivity index (χ3v) is 5.09. The molecule has 0 radical (unpaired) electrons. The van der Waals surface area contributed by atoms with Crippen LogP contribution in [0.2, 0.25) is 0 Å². The van der Waals surface area contributed by atoms with E-state index < -0.39 is 41.6 Å². The monoisotopic (exact) mass is 399 g/mol. The smallest absolute Gasteiger partial charge is 0.335 e. The van der Waals surface area contributed by atoms with Gasteiger partial charge in [-0.2, -0.15) is 5.10 Å². The van der Waals surface area contributed by atoms with Gasteiger partial charge in [-0.15, -0.1) is 0 Å². The van der Waals surface area contributed by atoms with E-state index in [9.17, 15) is 27.2 Å². The molecule has 0 spiro atoms. The van der Waals surface area contributed by atoms with Gasteiger partial charge < -0.3 is 4.90 Å². The number of aromatic nitrogens is 4. The molecule has 3 atom stereocenters. The van der Waals surface area contributed by atoms with Crippen LogP contribution >= 0.6 is 0 Å². The van der Waals surface area contributed by atoms with E-state index in [1.165, 1.54) is 4.57 Å². The molecule has 4 heterocycles. The molecule has 2 aliphatic heterocycles. The first-order chi connectivity index (χ1) is 13.3. The van der Waals surface area contributed by atoms with E-state index >= 15 is 0 Å². The SMILES string of the molecule is O=C([C@@H]1CCCc2nn(Cc3ncc(F)cc3F)c(=O)n21)N1C[C@@H](F)[C@@H](F)C1. The molecule has 2 aromatic heterocycles. The number of hydrogen-bond donors (Lipinski definition) is 0. The van der Waals surface area contributed by atoms with Gasteiger partial charge in [0.05, 0.1) is 31.5 Å². The third kappa shape index (κ3) is 3.18. The first kappa shape index (κ1) is 18.6. The van der Waals surface area contributed by atoms with Crippen molar-refractivity contribution in [2.24, 2.45) is 0 Å². The van der Waals surface area contributed by atoms with Crippen molar-refractivity contribution in [1.29, 1.82) is 0 Å². The lowest BCUT2D eigenvalue weighted by molar-refractivity contribution is -0.134. The molecule has 0 unspecified atom stereocenters. The Morgan fingerprint density at radius 2 is 1.93 bits per heavy atom. The molecule has 0 saturated carbocycles. The molecule has 11 heteroatoms. The summed E-state index contributed by atoms with van der Waals surface area (Å²) >= 11 is 0. The van der Waals surface area contributed by atoms with Crippen LogP contribution in [0.1, 0.15) is 30.4 Å². The lowest BCUT2D eigenvalue weighted by Crippen LogP contribution is -2.42. The van der Waals surface area contributed by atoms with Crippen molar-refractivity contribution in [2.75, 3.05) is 13.1 Å². The highest BCUT2D eigenvalue weighted by Crippen LogP contribution is 2.27. The molecule has 0 N–H and O–H groups in total. The van der Waals surface area contributed by atoms with E-state index in [1.54, 1.807) is 0 Å². The van der Waals surface area contributed by atoms with Crippen LogP contribution in [0.4, 0.5) is 17.6 Å². The molecule has 4 rings (SSSR count). The van der Waals surface area contributed by atoms with Crippen LogP contribution < -0.4 is 5.69 Å². The van der Waals surface area contributed by atoms with Gasteiger partial charge in [0, 0.05) is 12.5 Å². The number of likely N-dealkylation sites (tertiary alicyclic amines) is 1. The fraction of sp³-hybridized carbons (Fsp3) is 0.529. The molecule has 7 nitrogen and oxygen atoms in total. The number of rotatable bonds is 3. The minimum Gasteiger partial charge on any atom is -0.335 e. The van der Waals surface area contributed by atoms with Crippen LogP contribution in [0.25, 0.3) is 0 Å². The number of carbonyl (C=O) groups excluding carboxylic acids is 1. The number of halogens is 4. The van der Waals surface area contributed by atoms with Gasteiger partial charge in [0.25, 0.3) is 0 Å². The summed E-state index contributed by atoms with van der Waals surface area (Å²) in [4.78, 5) is 30.2. The molecule has 2 aromatic rings. The van der Waals surface area contributed by atoms with Crippen LogP contribution in [0.15, 0.2) is 17.1 Å². The highest BCUT2D eigenvalue weighted by molar-refractivity contribution is 5.81. The predicted octanol–water partition coefficient (Wildman–Crippen LogP) is 1.16. The molecule has 150 valence electrons. The van der Waals surface area contributed by atoms with E-state index in [4.69, 9.17) is 0 Å². The second-order valence-electron chi connectivity index (χ2n) is 6.99. The minimum absolute atomic E-state index is 0.165. The number of pyridine rings is 1. The Morgan fingerprint density at radius 1 is 1.21 bits per heavy atom. The summed E-state index contributed by atoms with van der Waals surface area (Å²) in [5, 5.41) is 4.15. The Kier molecular flexibility index (Phi) is 4.68. The summed E-state index contributed by atoms with van der Waals surface area (Å²) in [6.07, 6.45) is -1.30. The molecule has 28 heavy (non-hydrogen) atoms. The number of alkyl halides is 2. The number of carbonyl (C=O) groups is 1. The Labute approximate surface area is 156 Å². The average molecular weight is 399 g/mol. The molecule has 2 aliphatic rings. The Hall–Kier alpha value is -2.72. The molecule has 1 saturated heterocycles. The van der Waals surface area contributed by atoms with Crippen molar-refractivity contribution >= 4 is 5.91 Å². The number of amides is 1. The van der Waals surface area contributed by atoms with Crippen molar-refractivity contribution in [2.45, 2.75) is 44.2 Å². The van der Waals surface area contributed by atoms with Crippen molar-refractivity contribution in [3.63, 3.8) is 0 Å². The van der Waals surface area contributed by atoms with Gasteiger partial charge in [-0.1, -0.05) is 0 Å². The zero-order valence-corrected chi connectivity index (χ0v) is 14.7. The normalized spacial score (nSPS) is 24.4. The zero-order valence-electron chi connectivity index (χ0n) is 14.7. The van der Waals surface area contributed by atoms with Crippen LogP contribution in [-0.4, -0.2) is 55.6 Å². The second-order valence-corrected chi connectivity index (χ2v) is 6.99. The number of fused-ring (bicyclic) bond motifs is 1. The van der Waals surface area contributed by atoms with Gasteiger partial charge in [0.15, 0.2) is 12.3 Å². The van der Waals surface area contributed by atoms with Crippen molar-refractivity contribution in [1.82, 2.24) is 24.2 Å². The van der Waals surface area contributed by atoms with E-state index in [-0.39, 0.29) is 25.3 Å². The molecule has 0 bridgehead atoms. The van der Waals surface area contributed by atoms with Crippen LogP contribution in [0, 0.1) is 11.6 Å². The summed E-state index contributed by atoms with van der Waals surface area (Å²) in [6, 6.07) is -0.252. The number of hydrogen-bond acceptors (Lipinski definition) is 4. The van der Waals surface area contributed by atoms with Crippen LogP contribution in [-0.2, 0) is 17.8 Å². The van der Waals surface area contributed by atoms with Crippen LogP contribution in [0.5, 0.6) is 0 Å². The standard InChI is InChI=1S/C17H17F4N5O2/c18-9-4-10(19)13(22-5-9)8-25-17(28)26-14(2-1-3-15(26)23-25)16(27)24-6-11(20)12(21)7-24/h4-5,11-12,14H,1-3,6-8H2/t11-,12+,14-/m0/s1. The molecule has 0 aliphatic carbocycles. The molecule has 1 fully saturated rings. The Balaban J connectivity index is 1.63. The fourth-order valence-electron chi connectivity index (χ4n) is 3.68. The minimum atomic E-state index is -1.74. The summed E-state index contributed by atoms with van der Waals surface area (Å²) < 4.78 is 55.9. The lowest BCUT2D eigenvalue weighted by Gasteiger charge is -2.26. The van der Waals surface area contributed by atoms with Crippen molar-refractivity contribution < 1.29 is 22.4 Å². The van der Waals surface area contributed by atoms with E-state index in [2.05, 4.69) is 10.1 Å². The molecule has 0 aromatic carbocycles. The quantitative estimate of drug-likeness (QED) is 0.727. The summed E-state index contributed by atoms with van der Waals surface area (Å²) in [6.45, 7) is -1.02. The summed E-state index contributed by atoms with van der Waals surface area (Å²) in [7, 11) is 0. The largest absolute Gasteiger partial charge is 0.347 e. The van der Waals surface area contributed by atoms with Gasteiger partial charge in [-0.05, 0) is 12.8 Å². The molecule has 1 amide bonds. The van der Waals surface area contributed by atoms with Gasteiger partial charge in [-0.3, -0.25) is 14.3 Å². The molecular weight excluding hydrogens is 382 g/mol. The average Bonchev–Trinajstić information content (AvgIpc) is 3.16. The predicted molar refractivity (Wildman–Crippen MR) is 88.1 cm³/mol. The van der Waals surface area contributed by atoms with Gasteiger partial charge in [0.1, 0.15) is 23.5 Å². The number of nitrogens with zero attached hydrogens (tertiary/aromatic N) is 5. The number of aryl methyl sites for hydroxylation is 1. The maximum absolute atomic E-state index is 13.8. The second kappa shape index (κ2) is 7.02. The van der Waals surface area contributed by atoms with Crippen LogP contribution in [0.3, 0.4) is 0 Å². The Morgan fingerprint density at radius 3 is 2.61 bits per heavy atom. The maximum Gasteiger partial charge on any atom is 0.347 e. The highest BCUT2D eigenvalue weighted by Gasteiger charge is 2.40. The molecular formula is C17H17F4N5O2. The van der Waals surface area contributed by atoms with Gasteiger partial charge in [-0.25, -0.2) is 27.0 Å². The maximum atomic E-state index is 13.8. The third-order valence-electron chi connectivity index (χ3n) is 5.09. The topological polar surface area (TPSA) is 73.0 Å². The summed E-state index contributed by atoms with van der Waals surface area (Å²) in [5.41, 5.74) is -0.812. The van der Waals surface area contributed by atoms with E-state index in [1.807, 2.05) is 0 Å². The first-order valence-corrected chi connectivity index (χ1v) is 8.90. The highest BCUT2D eigenvalue weighted by atomic mass is 19.2. The van der Waals surface area contributed by atoms with Gasteiger partial charge in [0.2, 0.25) is 5.91 Å². The fourth-order valence-corrected chi connectivity index (χ4v) is 3.68. The first-order valence-electron chi connectivity index (χ1n) is 8.90. The zero-order chi connectivity index (χ0) is 20.0. The van der Waals surface area contributed by atoms with E-state index in [0.29, 0.717) is 31.2 Å². The van der Waals surface area contributed by atoms with Crippen molar-refractivity contribution in [3.05, 3.63) is 45.9 Å².